The summed E-state index contributed by atoms with van der Waals surface area (Å²) in [6.07, 6.45) is -0.380. The molecule has 4 heterocycles. The maximum atomic E-state index is 12.9. The van der Waals surface area contributed by atoms with Crippen LogP contribution >= 0.6 is 0 Å². The third-order valence-electron chi connectivity index (χ3n) is 6.07. The molecule has 0 aromatic carbocycles. The van der Waals surface area contributed by atoms with E-state index >= 15 is 0 Å². The Morgan fingerprint density at radius 1 is 1.16 bits per heavy atom. The minimum absolute atomic E-state index is 0.0629. The number of anilines is 1. The number of halogens is 3. The summed E-state index contributed by atoms with van der Waals surface area (Å²) in [5, 5.41) is 3.83. The Balaban J connectivity index is 0.000000334. The van der Waals surface area contributed by atoms with Crippen molar-refractivity contribution in [3.05, 3.63) is 41.3 Å². The zero-order valence-corrected chi connectivity index (χ0v) is 17.6. The lowest BCUT2D eigenvalue weighted by Crippen LogP contribution is -2.38. The van der Waals surface area contributed by atoms with Gasteiger partial charge in [-0.1, -0.05) is 0 Å². The average molecular weight is 437 g/mol. The van der Waals surface area contributed by atoms with Crippen molar-refractivity contribution in [2.24, 2.45) is 13.0 Å². The largest absolute Gasteiger partial charge is 0.391 e. The Labute approximate surface area is 178 Å². The molecule has 2 fully saturated rings. The number of aromatic nitrogens is 3. The van der Waals surface area contributed by atoms with Crippen LogP contribution in [0.1, 0.15) is 40.4 Å². The fourth-order valence-electron chi connectivity index (χ4n) is 4.19. The molecule has 0 radical (unpaired) electrons. The van der Waals surface area contributed by atoms with Gasteiger partial charge in [0, 0.05) is 57.6 Å². The summed E-state index contributed by atoms with van der Waals surface area (Å²) in [5.74, 6) is -0.881. The molecule has 1 saturated heterocycles. The zero-order valence-electron chi connectivity index (χ0n) is 17.6. The number of pyridine rings is 1. The zero-order chi connectivity index (χ0) is 22.2. The van der Waals surface area contributed by atoms with Gasteiger partial charge in [-0.3, -0.25) is 9.48 Å². The monoisotopic (exact) mass is 437 g/mol. The number of nitrogens with zero attached hydrogens (tertiary/aromatic N) is 5. The topological polar surface area (TPSA) is 63.5 Å². The Morgan fingerprint density at radius 2 is 1.87 bits per heavy atom. The van der Waals surface area contributed by atoms with Gasteiger partial charge >= 0.3 is 6.18 Å². The van der Waals surface area contributed by atoms with Crippen molar-refractivity contribution in [3.8, 4) is 0 Å². The molecule has 0 N–H and O–H groups in total. The van der Waals surface area contributed by atoms with Gasteiger partial charge in [-0.15, -0.1) is 0 Å². The minimum atomic E-state index is -4.14. The van der Waals surface area contributed by atoms with Crippen LogP contribution in [-0.2, 0) is 18.3 Å². The highest BCUT2D eigenvalue weighted by molar-refractivity contribution is 5.99. The number of hydrogen-bond acceptors (Lipinski definition) is 5. The minimum Gasteiger partial charge on any atom is -0.378 e. The van der Waals surface area contributed by atoms with E-state index in [0.29, 0.717) is 49.9 Å². The van der Waals surface area contributed by atoms with Gasteiger partial charge in [-0.25, -0.2) is 4.98 Å². The number of aryl methyl sites for hydroxylation is 1. The van der Waals surface area contributed by atoms with Crippen molar-refractivity contribution in [2.75, 3.05) is 38.3 Å². The number of fused-ring (bicyclic) bond motifs is 1. The summed E-state index contributed by atoms with van der Waals surface area (Å²) in [4.78, 5) is 20.7. The molecule has 0 atom stereocenters. The fraction of sp³-hybridized carbons (Fsp3) is 0.571. The van der Waals surface area contributed by atoms with Gasteiger partial charge in [0.1, 0.15) is 5.82 Å². The maximum Gasteiger partial charge on any atom is 0.391 e. The van der Waals surface area contributed by atoms with Crippen LogP contribution in [0.3, 0.4) is 0 Å². The molecule has 2 aliphatic heterocycles. The van der Waals surface area contributed by atoms with Crippen molar-refractivity contribution >= 4 is 11.7 Å². The number of morpholine rings is 1. The van der Waals surface area contributed by atoms with E-state index in [4.69, 9.17) is 9.72 Å². The number of carbonyl (C=O) groups is 1. The average Bonchev–Trinajstić information content (AvgIpc) is 3.28. The lowest BCUT2D eigenvalue weighted by atomic mass is 9.71. The van der Waals surface area contributed by atoms with Crippen molar-refractivity contribution in [1.82, 2.24) is 19.7 Å². The van der Waals surface area contributed by atoms with Gasteiger partial charge in [0.05, 0.1) is 30.4 Å². The van der Waals surface area contributed by atoms with E-state index in [2.05, 4.69) is 5.10 Å². The highest BCUT2D eigenvalue weighted by Crippen LogP contribution is 2.50. The first-order valence-electron chi connectivity index (χ1n) is 10.4. The molecule has 0 unspecified atom stereocenters. The molecule has 1 aliphatic carbocycles. The summed E-state index contributed by atoms with van der Waals surface area (Å²) in [5.41, 5.74) is 2.07. The molecular formula is C21H26F3N5O2. The molecule has 31 heavy (non-hydrogen) atoms. The van der Waals surface area contributed by atoms with Crippen LogP contribution in [-0.4, -0.2) is 65.1 Å². The Bertz CT molecular complexity index is 920. The fourth-order valence-corrected chi connectivity index (χ4v) is 4.19. The number of rotatable bonds is 2. The lowest BCUT2D eigenvalue weighted by molar-refractivity contribution is -0.197. The van der Waals surface area contributed by atoms with Crippen LogP contribution in [0.5, 0.6) is 0 Å². The van der Waals surface area contributed by atoms with E-state index < -0.39 is 12.1 Å². The van der Waals surface area contributed by atoms with Crippen LogP contribution in [0.15, 0.2) is 24.5 Å². The van der Waals surface area contributed by atoms with Crippen molar-refractivity contribution < 1.29 is 22.7 Å². The second kappa shape index (κ2) is 8.49. The van der Waals surface area contributed by atoms with E-state index in [1.807, 2.05) is 24.2 Å². The molecule has 2 aromatic rings. The molecule has 0 spiro atoms. The van der Waals surface area contributed by atoms with Crippen molar-refractivity contribution in [1.29, 1.82) is 0 Å². The number of carbonyl (C=O) groups excluding carboxylic acids is 1. The number of ether oxygens (including phenoxy) is 1. The van der Waals surface area contributed by atoms with Crippen molar-refractivity contribution in [3.63, 3.8) is 0 Å². The second-order valence-electron chi connectivity index (χ2n) is 8.24. The Hall–Kier alpha value is -2.62. The summed E-state index contributed by atoms with van der Waals surface area (Å²) >= 11 is 0. The second-order valence-corrected chi connectivity index (χ2v) is 8.24. The van der Waals surface area contributed by atoms with Gasteiger partial charge in [-0.2, -0.15) is 18.3 Å². The normalized spacial score (nSPS) is 23.2. The first-order chi connectivity index (χ1) is 14.7. The van der Waals surface area contributed by atoms with Gasteiger partial charge < -0.3 is 14.5 Å². The van der Waals surface area contributed by atoms with E-state index in [1.54, 1.807) is 28.9 Å². The van der Waals surface area contributed by atoms with E-state index in [9.17, 15) is 18.0 Å². The molecular weight excluding hydrogens is 411 g/mol. The van der Waals surface area contributed by atoms with Crippen LogP contribution in [0.25, 0.3) is 0 Å². The third-order valence-corrected chi connectivity index (χ3v) is 6.07. The van der Waals surface area contributed by atoms with Crippen LogP contribution < -0.4 is 4.90 Å². The maximum absolute atomic E-state index is 12.9. The molecule has 2 aromatic heterocycles. The molecule has 168 valence electrons. The SMILES string of the molecule is CN1Cc2c(cc(N3CCOCC3)nc2C2CC(C(F)(F)F)C2)C1=O.Cn1cccn1. The third kappa shape index (κ3) is 4.53. The first-order valence-corrected chi connectivity index (χ1v) is 10.4. The lowest BCUT2D eigenvalue weighted by Gasteiger charge is -2.37. The predicted octanol–water partition coefficient (Wildman–Crippen LogP) is 2.98. The van der Waals surface area contributed by atoms with Gasteiger partial charge in [0.25, 0.3) is 5.91 Å². The Morgan fingerprint density at radius 3 is 2.42 bits per heavy atom. The van der Waals surface area contributed by atoms with Crippen molar-refractivity contribution in [2.45, 2.75) is 31.5 Å². The van der Waals surface area contributed by atoms with Crippen LogP contribution in [0.4, 0.5) is 19.0 Å². The van der Waals surface area contributed by atoms with Gasteiger partial charge in [0.15, 0.2) is 0 Å². The highest BCUT2D eigenvalue weighted by Gasteiger charge is 2.49. The van der Waals surface area contributed by atoms with E-state index in [1.165, 1.54) is 0 Å². The quantitative estimate of drug-likeness (QED) is 0.723. The van der Waals surface area contributed by atoms with E-state index in [-0.39, 0.29) is 24.7 Å². The summed E-state index contributed by atoms with van der Waals surface area (Å²) in [6.45, 7) is 2.94. The molecule has 10 heteroatoms. The number of alkyl halides is 3. The molecule has 1 amide bonds. The molecule has 0 bridgehead atoms. The smallest absolute Gasteiger partial charge is 0.378 e. The summed E-state index contributed by atoms with van der Waals surface area (Å²) in [6, 6.07) is 3.68. The molecule has 7 nitrogen and oxygen atoms in total. The summed E-state index contributed by atoms with van der Waals surface area (Å²) < 4.78 is 45.7. The summed E-state index contributed by atoms with van der Waals surface area (Å²) in [7, 11) is 3.60. The van der Waals surface area contributed by atoms with Crippen LogP contribution in [0.2, 0.25) is 0 Å². The standard InChI is InChI=1S/C17H20F3N3O2.C4H6N2/c1-22-9-13-12(16(22)24)8-14(23-2-4-25-5-3-23)21-15(13)10-6-11(7-10)17(18,19)20;1-6-4-2-3-5-6/h8,10-11H,2-7,9H2,1H3;2-4H,1H3. The van der Waals surface area contributed by atoms with Gasteiger partial charge in [0.2, 0.25) is 0 Å². The molecule has 1 saturated carbocycles. The van der Waals surface area contributed by atoms with Gasteiger partial charge in [-0.05, 0) is 25.0 Å². The highest BCUT2D eigenvalue weighted by atomic mass is 19.4. The number of hydrogen-bond donors (Lipinski definition) is 0. The molecule has 3 aliphatic rings. The first kappa shape index (κ1) is 21.6. The molecule has 5 rings (SSSR count). The predicted molar refractivity (Wildman–Crippen MR) is 108 cm³/mol. The Kier molecular flexibility index (Phi) is 5.92. The van der Waals surface area contributed by atoms with E-state index in [0.717, 1.165) is 5.56 Å². The number of amides is 1. The van der Waals surface area contributed by atoms with Crippen LogP contribution in [0, 0.1) is 5.92 Å².